The predicted octanol–water partition coefficient (Wildman–Crippen LogP) is 2.67. The van der Waals surface area contributed by atoms with Gasteiger partial charge in [-0.15, -0.1) is 0 Å². The summed E-state index contributed by atoms with van der Waals surface area (Å²) in [5.41, 5.74) is 2.12. The maximum atomic E-state index is 11.1. The zero-order chi connectivity index (χ0) is 10.0. The Morgan fingerprint density at radius 1 is 1.54 bits per heavy atom. The van der Waals surface area contributed by atoms with E-state index in [4.69, 9.17) is 5.26 Å². The molecule has 2 nitrogen and oxygen atoms in total. The maximum absolute atomic E-state index is 11.1. The van der Waals surface area contributed by atoms with E-state index < -0.39 is 0 Å². The first-order chi connectivity index (χ1) is 6.06. The van der Waals surface area contributed by atoms with Gasteiger partial charge in [-0.05, 0) is 54.1 Å². The van der Waals surface area contributed by atoms with Crippen molar-refractivity contribution in [1.29, 1.82) is 5.26 Å². The lowest BCUT2D eigenvalue weighted by molar-refractivity contribution is 0.101. The smallest absolute Gasteiger partial charge is 0.159 e. The van der Waals surface area contributed by atoms with Gasteiger partial charge >= 0.3 is 0 Å². The van der Waals surface area contributed by atoms with E-state index in [1.54, 1.807) is 12.1 Å². The summed E-state index contributed by atoms with van der Waals surface area (Å²) in [5.74, 6) is -0.00517. The van der Waals surface area contributed by atoms with E-state index in [2.05, 4.69) is 28.7 Å². The van der Waals surface area contributed by atoms with Gasteiger partial charge in [0.15, 0.2) is 5.78 Å². The van der Waals surface area contributed by atoms with E-state index in [1.165, 1.54) is 6.92 Å². The van der Waals surface area contributed by atoms with Crippen LogP contribution in [0.5, 0.6) is 0 Å². The molecule has 0 saturated carbocycles. The molecule has 0 spiro atoms. The molecule has 0 radical (unpaired) electrons. The van der Waals surface area contributed by atoms with Crippen molar-refractivity contribution in [3.63, 3.8) is 0 Å². The molecule has 0 aliphatic rings. The summed E-state index contributed by atoms with van der Waals surface area (Å²) < 4.78 is 0.960. The molecule has 0 unspecified atom stereocenters. The summed E-state index contributed by atoms with van der Waals surface area (Å²) in [6, 6.07) is 5.52. The summed E-state index contributed by atoms with van der Waals surface area (Å²) in [7, 11) is 0. The normalized spacial score (nSPS) is 9.38. The molecule has 0 N–H and O–H groups in total. The zero-order valence-corrected chi connectivity index (χ0v) is 9.55. The monoisotopic (exact) mass is 285 g/mol. The van der Waals surface area contributed by atoms with Crippen molar-refractivity contribution in [2.24, 2.45) is 0 Å². The molecule has 13 heavy (non-hydrogen) atoms. The number of carbonyl (C=O) groups is 1. The molecule has 1 rings (SSSR count). The fourth-order valence-corrected chi connectivity index (χ4v) is 1.62. The van der Waals surface area contributed by atoms with Crippen LogP contribution in [0.15, 0.2) is 12.1 Å². The third kappa shape index (κ3) is 2.07. The molecule has 0 bridgehead atoms. The topological polar surface area (TPSA) is 40.9 Å². The highest BCUT2D eigenvalue weighted by Gasteiger charge is 2.07. The van der Waals surface area contributed by atoms with Crippen molar-refractivity contribution < 1.29 is 4.79 Å². The minimum atomic E-state index is -0.00517. The molecule has 1 aromatic rings. The minimum absolute atomic E-state index is 0.00517. The Bertz CT molecular complexity index is 404. The third-order valence-electron chi connectivity index (χ3n) is 1.87. The number of halogens is 1. The van der Waals surface area contributed by atoms with E-state index >= 15 is 0 Å². The second-order valence-electron chi connectivity index (χ2n) is 2.80. The molecule has 0 fully saturated rings. The molecule has 3 heteroatoms. The Labute approximate surface area is 90.7 Å². The number of nitriles is 1. The second-order valence-corrected chi connectivity index (χ2v) is 3.96. The van der Waals surface area contributed by atoms with Gasteiger partial charge < -0.3 is 0 Å². The fraction of sp³-hybridized carbons (Fsp3) is 0.200. The van der Waals surface area contributed by atoms with Crippen LogP contribution in [0, 0.1) is 21.8 Å². The van der Waals surface area contributed by atoms with E-state index in [0.29, 0.717) is 11.1 Å². The summed E-state index contributed by atoms with van der Waals surface area (Å²) in [6.07, 6.45) is 0. The van der Waals surface area contributed by atoms with Gasteiger partial charge in [-0.1, -0.05) is 0 Å². The molecule has 0 saturated heterocycles. The van der Waals surface area contributed by atoms with Crippen LogP contribution in [0.25, 0.3) is 0 Å². The number of rotatable bonds is 1. The van der Waals surface area contributed by atoms with Crippen LogP contribution in [-0.4, -0.2) is 5.78 Å². The lowest BCUT2D eigenvalue weighted by Gasteiger charge is -2.03. The summed E-state index contributed by atoms with van der Waals surface area (Å²) in [4.78, 5) is 11.1. The Kier molecular flexibility index (Phi) is 3.04. The van der Waals surface area contributed by atoms with Crippen LogP contribution in [0.4, 0.5) is 0 Å². The molecule has 0 amide bonds. The van der Waals surface area contributed by atoms with Crippen molar-refractivity contribution in [2.75, 3.05) is 0 Å². The Morgan fingerprint density at radius 2 is 2.15 bits per heavy atom. The van der Waals surface area contributed by atoms with Crippen molar-refractivity contribution >= 4 is 28.4 Å². The largest absolute Gasteiger partial charge is 0.295 e. The minimum Gasteiger partial charge on any atom is -0.295 e. The summed E-state index contributed by atoms with van der Waals surface area (Å²) in [5, 5.41) is 8.78. The number of hydrogen-bond donors (Lipinski definition) is 0. The average Bonchev–Trinajstić information content (AvgIpc) is 2.09. The van der Waals surface area contributed by atoms with Crippen LogP contribution in [0.2, 0.25) is 0 Å². The van der Waals surface area contributed by atoms with Gasteiger partial charge in [-0.25, -0.2) is 0 Å². The van der Waals surface area contributed by atoms with Gasteiger partial charge in [0.25, 0.3) is 0 Å². The molecular weight excluding hydrogens is 277 g/mol. The van der Waals surface area contributed by atoms with Crippen molar-refractivity contribution in [3.05, 3.63) is 32.4 Å². The van der Waals surface area contributed by atoms with Crippen LogP contribution in [0.1, 0.15) is 28.4 Å². The highest BCUT2D eigenvalue weighted by Crippen LogP contribution is 2.18. The number of hydrogen-bond acceptors (Lipinski definition) is 2. The van der Waals surface area contributed by atoms with Crippen molar-refractivity contribution in [1.82, 2.24) is 0 Å². The fourth-order valence-electron chi connectivity index (χ4n) is 0.998. The second kappa shape index (κ2) is 3.88. The standard InChI is InChI=1S/C10H8INO/c1-6-9(5-12)3-8(7(2)13)4-10(6)11/h3-4H,1-2H3. The first kappa shape index (κ1) is 10.2. The van der Waals surface area contributed by atoms with Gasteiger partial charge in [0.2, 0.25) is 0 Å². The lowest BCUT2D eigenvalue weighted by Crippen LogP contribution is -1.96. The van der Waals surface area contributed by atoms with Gasteiger partial charge in [0.05, 0.1) is 11.6 Å². The molecule has 66 valence electrons. The van der Waals surface area contributed by atoms with Gasteiger partial charge in [-0.2, -0.15) is 5.26 Å². The van der Waals surface area contributed by atoms with Crippen molar-refractivity contribution in [2.45, 2.75) is 13.8 Å². The molecule has 0 aromatic heterocycles. The number of carbonyl (C=O) groups excluding carboxylic acids is 1. The highest BCUT2D eigenvalue weighted by atomic mass is 127. The Morgan fingerprint density at radius 3 is 2.62 bits per heavy atom. The molecule has 1 aromatic carbocycles. The molecule has 0 aliphatic heterocycles. The third-order valence-corrected chi connectivity index (χ3v) is 2.99. The zero-order valence-electron chi connectivity index (χ0n) is 7.39. The predicted molar refractivity (Wildman–Crippen MR) is 58.6 cm³/mol. The first-order valence-corrected chi connectivity index (χ1v) is 4.85. The Balaban J connectivity index is 3.41. The molecule has 0 aliphatic carbocycles. The van der Waals surface area contributed by atoms with Crippen LogP contribution >= 0.6 is 22.6 Å². The Hall–Kier alpha value is -0.890. The molecule has 0 heterocycles. The van der Waals surface area contributed by atoms with Crippen LogP contribution < -0.4 is 0 Å². The first-order valence-electron chi connectivity index (χ1n) is 3.77. The summed E-state index contributed by atoms with van der Waals surface area (Å²) >= 11 is 2.13. The van der Waals surface area contributed by atoms with Gasteiger partial charge in [0.1, 0.15) is 0 Å². The summed E-state index contributed by atoms with van der Waals surface area (Å²) in [6.45, 7) is 3.38. The van der Waals surface area contributed by atoms with E-state index in [0.717, 1.165) is 9.13 Å². The number of Topliss-reactive ketones (excluding diaryl/α,β-unsaturated/α-hetero) is 1. The van der Waals surface area contributed by atoms with E-state index in [-0.39, 0.29) is 5.78 Å². The molecule has 0 atom stereocenters. The maximum Gasteiger partial charge on any atom is 0.159 e. The SMILES string of the molecule is CC(=O)c1cc(I)c(C)c(C#N)c1. The lowest BCUT2D eigenvalue weighted by atomic mass is 10.0. The average molecular weight is 285 g/mol. The van der Waals surface area contributed by atoms with E-state index in [9.17, 15) is 4.79 Å². The van der Waals surface area contributed by atoms with Crippen LogP contribution in [-0.2, 0) is 0 Å². The van der Waals surface area contributed by atoms with Crippen molar-refractivity contribution in [3.8, 4) is 6.07 Å². The van der Waals surface area contributed by atoms with Gasteiger partial charge in [0, 0.05) is 9.13 Å². The van der Waals surface area contributed by atoms with E-state index in [1.807, 2.05) is 6.92 Å². The quantitative estimate of drug-likeness (QED) is 0.588. The highest BCUT2D eigenvalue weighted by molar-refractivity contribution is 14.1. The number of nitrogens with zero attached hydrogens (tertiary/aromatic N) is 1. The molecular formula is C10H8INO. The number of ketones is 1. The number of benzene rings is 1. The van der Waals surface area contributed by atoms with Gasteiger partial charge in [-0.3, -0.25) is 4.79 Å². The van der Waals surface area contributed by atoms with Crippen LogP contribution in [0.3, 0.4) is 0 Å².